The van der Waals surface area contributed by atoms with E-state index in [0.29, 0.717) is 10.0 Å². The van der Waals surface area contributed by atoms with Crippen molar-refractivity contribution in [3.63, 3.8) is 0 Å². The number of nitro groups is 1. The Balaban J connectivity index is 3.63. The lowest BCUT2D eigenvalue weighted by Gasteiger charge is -2.05. The number of carbonyl (C=O) groups is 1. The van der Waals surface area contributed by atoms with Crippen LogP contribution in [-0.2, 0) is 0 Å². The van der Waals surface area contributed by atoms with Crippen LogP contribution in [0.15, 0.2) is 10.5 Å². The summed E-state index contributed by atoms with van der Waals surface area (Å²) in [5.74, 6) is -1.30. The quantitative estimate of drug-likeness (QED) is 0.671. The summed E-state index contributed by atoms with van der Waals surface area (Å²) in [5.41, 5.74) is -0.376. The molecule has 0 saturated carbocycles. The molecule has 0 unspecified atom stereocenters. The van der Waals surface area contributed by atoms with Gasteiger partial charge in [0.15, 0.2) is 0 Å². The minimum absolute atomic E-state index is 0.291. The number of nitrogens with zero attached hydrogens (tertiary/aromatic N) is 1. The molecule has 1 rings (SSSR count). The molecule has 0 saturated heterocycles. The molecule has 0 aliphatic carbocycles. The van der Waals surface area contributed by atoms with E-state index in [0.717, 1.165) is 0 Å². The number of hydrogen-bond acceptors (Lipinski definition) is 3. The zero-order chi connectivity index (χ0) is 11.7. The van der Waals surface area contributed by atoms with Gasteiger partial charge >= 0.3 is 5.97 Å². The first-order valence-electron chi connectivity index (χ1n) is 3.72. The SMILES string of the molecule is Cc1c(Br)cc(C(=O)O)c(Cl)c1[N+](=O)[O-]. The van der Waals surface area contributed by atoms with Gasteiger partial charge in [0, 0.05) is 10.0 Å². The van der Waals surface area contributed by atoms with E-state index in [1.807, 2.05) is 0 Å². The third-order valence-corrected chi connectivity index (χ3v) is 3.05. The number of carboxylic acids is 1. The number of halogens is 2. The molecule has 0 radical (unpaired) electrons. The van der Waals surface area contributed by atoms with Crippen LogP contribution in [0.2, 0.25) is 5.02 Å². The maximum atomic E-state index is 10.7. The molecule has 0 bridgehead atoms. The molecule has 80 valence electrons. The molecular weight excluding hydrogens is 289 g/mol. The van der Waals surface area contributed by atoms with Crippen molar-refractivity contribution in [3.05, 3.63) is 36.8 Å². The molecule has 0 aliphatic heterocycles. The topological polar surface area (TPSA) is 80.4 Å². The van der Waals surface area contributed by atoms with Crippen LogP contribution in [0, 0.1) is 17.0 Å². The standard InChI is InChI=1S/C8H5BrClNO4/c1-3-5(9)2-4(8(12)13)6(10)7(3)11(14)15/h2H,1H3,(H,12,13). The van der Waals surface area contributed by atoms with Crippen LogP contribution >= 0.6 is 27.5 Å². The van der Waals surface area contributed by atoms with E-state index < -0.39 is 10.9 Å². The molecule has 0 aromatic heterocycles. The first kappa shape index (κ1) is 11.9. The van der Waals surface area contributed by atoms with Gasteiger partial charge < -0.3 is 5.11 Å². The fourth-order valence-electron chi connectivity index (χ4n) is 1.08. The summed E-state index contributed by atoms with van der Waals surface area (Å²) >= 11 is 8.67. The Kier molecular flexibility index (Phi) is 3.31. The van der Waals surface area contributed by atoms with E-state index in [2.05, 4.69) is 15.9 Å². The van der Waals surface area contributed by atoms with Crippen molar-refractivity contribution >= 4 is 39.2 Å². The Hall–Kier alpha value is -1.14. The normalized spacial score (nSPS) is 10.1. The van der Waals surface area contributed by atoms with Crippen molar-refractivity contribution in [1.29, 1.82) is 0 Å². The van der Waals surface area contributed by atoms with E-state index in [4.69, 9.17) is 16.7 Å². The van der Waals surface area contributed by atoms with Crippen LogP contribution in [0.5, 0.6) is 0 Å². The van der Waals surface area contributed by atoms with E-state index in [1.54, 1.807) is 0 Å². The van der Waals surface area contributed by atoms with Crippen molar-refractivity contribution in [3.8, 4) is 0 Å². The highest BCUT2D eigenvalue weighted by Crippen LogP contribution is 2.36. The first-order chi connectivity index (χ1) is 6.86. The predicted molar refractivity (Wildman–Crippen MR) is 57.5 cm³/mol. The largest absolute Gasteiger partial charge is 0.478 e. The molecule has 15 heavy (non-hydrogen) atoms. The summed E-state index contributed by atoms with van der Waals surface area (Å²) in [4.78, 5) is 20.7. The second-order valence-electron chi connectivity index (χ2n) is 2.76. The number of hydrogen-bond donors (Lipinski definition) is 1. The van der Waals surface area contributed by atoms with Gasteiger partial charge in [0.1, 0.15) is 5.02 Å². The number of rotatable bonds is 2. The highest BCUT2D eigenvalue weighted by Gasteiger charge is 2.25. The lowest BCUT2D eigenvalue weighted by Crippen LogP contribution is -2.02. The Morgan fingerprint density at radius 2 is 2.20 bits per heavy atom. The summed E-state index contributed by atoms with van der Waals surface area (Å²) in [5, 5.41) is 19.1. The summed E-state index contributed by atoms with van der Waals surface area (Å²) < 4.78 is 0.344. The highest BCUT2D eigenvalue weighted by molar-refractivity contribution is 9.10. The first-order valence-corrected chi connectivity index (χ1v) is 4.89. The molecule has 0 fully saturated rings. The average molecular weight is 294 g/mol. The third-order valence-electron chi connectivity index (χ3n) is 1.84. The lowest BCUT2D eigenvalue weighted by molar-refractivity contribution is -0.385. The summed E-state index contributed by atoms with van der Waals surface area (Å²) in [6.07, 6.45) is 0. The Labute approximate surface area is 97.9 Å². The van der Waals surface area contributed by atoms with Crippen LogP contribution in [0.1, 0.15) is 15.9 Å². The Morgan fingerprint density at radius 3 is 2.60 bits per heavy atom. The van der Waals surface area contributed by atoms with E-state index >= 15 is 0 Å². The maximum Gasteiger partial charge on any atom is 0.337 e. The number of benzene rings is 1. The zero-order valence-electron chi connectivity index (χ0n) is 7.45. The Bertz CT molecular complexity index is 460. The Morgan fingerprint density at radius 1 is 1.67 bits per heavy atom. The molecule has 7 heteroatoms. The van der Waals surface area contributed by atoms with Gasteiger partial charge in [0.05, 0.1) is 10.5 Å². The van der Waals surface area contributed by atoms with Crippen LogP contribution in [0.4, 0.5) is 5.69 Å². The van der Waals surface area contributed by atoms with Gasteiger partial charge in [0.25, 0.3) is 5.69 Å². The van der Waals surface area contributed by atoms with Crippen LogP contribution in [-0.4, -0.2) is 16.0 Å². The van der Waals surface area contributed by atoms with Crippen LogP contribution in [0.3, 0.4) is 0 Å². The number of carboxylic acid groups (broad SMARTS) is 1. The van der Waals surface area contributed by atoms with Gasteiger partial charge in [-0.05, 0) is 13.0 Å². The molecule has 1 aromatic carbocycles. The van der Waals surface area contributed by atoms with Crippen LogP contribution in [0.25, 0.3) is 0 Å². The molecule has 5 nitrogen and oxygen atoms in total. The van der Waals surface area contributed by atoms with Gasteiger partial charge in [-0.2, -0.15) is 0 Å². The molecule has 0 spiro atoms. The fourth-order valence-corrected chi connectivity index (χ4v) is 1.84. The molecule has 1 aromatic rings. The summed E-state index contributed by atoms with van der Waals surface area (Å²) in [7, 11) is 0. The van der Waals surface area contributed by atoms with Gasteiger partial charge in [-0.3, -0.25) is 10.1 Å². The third kappa shape index (κ3) is 2.10. The van der Waals surface area contributed by atoms with Crippen molar-refractivity contribution in [2.75, 3.05) is 0 Å². The average Bonchev–Trinajstić information content (AvgIpc) is 2.10. The molecular formula is C8H5BrClNO4. The van der Waals surface area contributed by atoms with Gasteiger partial charge in [-0.25, -0.2) is 4.79 Å². The summed E-state index contributed by atoms with van der Waals surface area (Å²) in [6.45, 7) is 1.49. The second kappa shape index (κ2) is 4.16. The fraction of sp³-hybridized carbons (Fsp3) is 0.125. The predicted octanol–water partition coefficient (Wildman–Crippen LogP) is 3.02. The van der Waals surface area contributed by atoms with Crippen molar-refractivity contribution in [1.82, 2.24) is 0 Å². The minimum Gasteiger partial charge on any atom is -0.478 e. The van der Waals surface area contributed by atoms with Crippen molar-refractivity contribution < 1.29 is 14.8 Å². The molecule has 0 aliphatic rings. The van der Waals surface area contributed by atoms with Crippen LogP contribution < -0.4 is 0 Å². The van der Waals surface area contributed by atoms with E-state index in [1.165, 1.54) is 13.0 Å². The van der Waals surface area contributed by atoms with E-state index in [-0.39, 0.29) is 16.3 Å². The lowest BCUT2D eigenvalue weighted by atomic mass is 10.1. The van der Waals surface area contributed by atoms with Gasteiger partial charge in [-0.15, -0.1) is 0 Å². The molecule has 0 heterocycles. The zero-order valence-corrected chi connectivity index (χ0v) is 9.79. The molecule has 0 atom stereocenters. The van der Waals surface area contributed by atoms with Gasteiger partial charge in [-0.1, -0.05) is 27.5 Å². The second-order valence-corrected chi connectivity index (χ2v) is 3.99. The highest BCUT2D eigenvalue weighted by atomic mass is 79.9. The minimum atomic E-state index is -1.30. The number of nitro benzene ring substituents is 1. The smallest absolute Gasteiger partial charge is 0.337 e. The van der Waals surface area contributed by atoms with E-state index in [9.17, 15) is 14.9 Å². The van der Waals surface area contributed by atoms with Crippen molar-refractivity contribution in [2.45, 2.75) is 6.92 Å². The molecule has 0 amide bonds. The summed E-state index contributed by atoms with van der Waals surface area (Å²) in [6, 6.07) is 1.24. The number of aromatic carboxylic acids is 1. The molecule has 1 N–H and O–H groups in total. The maximum absolute atomic E-state index is 10.7. The van der Waals surface area contributed by atoms with Gasteiger partial charge in [0.2, 0.25) is 0 Å². The van der Waals surface area contributed by atoms with Crippen molar-refractivity contribution in [2.24, 2.45) is 0 Å². The monoisotopic (exact) mass is 293 g/mol.